The summed E-state index contributed by atoms with van der Waals surface area (Å²) in [6.45, 7) is 1.74. The number of carbonyl (C=O) groups is 1. The van der Waals surface area contributed by atoms with Gasteiger partial charge in [0.05, 0.1) is 36.5 Å². The molecule has 0 spiro atoms. The van der Waals surface area contributed by atoms with E-state index in [1.165, 1.54) is 18.3 Å². The first-order valence-corrected chi connectivity index (χ1v) is 12.8. The highest BCUT2D eigenvalue weighted by Crippen LogP contribution is 2.38. The molecule has 4 aromatic rings. The van der Waals surface area contributed by atoms with Crippen LogP contribution in [0.2, 0.25) is 0 Å². The summed E-state index contributed by atoms with van der Waals surface area (Å²) >= 11 is 0. The van der Waals surface area contributed by atoms with Crippen molar-refractivity contribution in [2.24, 2.45) is 0 Å². The van der Waals surface area contributed by atoms with Crippen LogP contribution in [-0.4, -0.2) is 67.2 Å². The molecular formula is C28H24F2N8O. The molecule has 9 nitrogen and oxygen atoms in total. The van der Waals surface area contributed by atoms with Crippen LogP contribution in [0.3, 0.4) is 0 Å². The fourth-order valence-electron chi connectivity index (χ4n) is 5.83. The second-order valence-electron chi connectivity index (χ2n) is 9.95. The van der Waals surface area contributed by atoms with Gasteiger partial charge in [-0.05, 0) is 37.1 Å². The van der Waals surface area contributed by atoms with E-state index in [0.29, 0.717) is 48.2 Å². The van der Waals surface area contributed by atoms with E-state index in [4.69, 9.17) is 5.26 Å². The number of benzene rings is 1. The number of piperidine rings is 1. The monoisotopic (exact) mass is 526 g/mol. The third-order valence-electron chi connectivity index (χ3n) is 7.90. The number of rotatable bonds is 5. The van der Waals surface area contributed by atoms with Crippen LogP contribution in [-0.2, 0) is 0 Å². The summed E-state index contributed by atoms with van der Waals surface area (Å²) in [7, 11) is 0. The zero-order valence-corrected chi connectivity index (χ0v) is 20.9. The number of aromatic nitrogens is 4. The molecule has 3 aromatic heterocycles. The van der Waals surface area contributed by atoms with Crippen LogP contribution in [0.1, 0.15) is 41.2 Å². The number of nitrogens with one attached hydrogen (secondary N) is 1. The van der Waals surface area contributed by atoms with Crippen LogP contribution >= 0.6 is 0 Å². The van der Waals surface area contributed by atoms with Crippen LogP contribution in [0.25, 0.3) is 22.2 Å². The van der Waals surface area contributed by atoms with E-state index in [1.54, 1.807) is 29.4 Å². The molecule has 39 heavy (non-hydrogen) atoms. The van der Waals surface area contributed by atoms with Gasteiger partial charge in [-0.15, -0.1) is 0 Å². The number of fused-ring (bicyclic) bond motifs is 1. The maximum Gasteiger partial charge on any atom is 0.253 e. The predicted molar refractivity (Wildman–Crippen MR) is 137 cm³/mol. The van der Waals surface area contributed by atoms with Gasteiger partial charge in [-0.2, -0.15) is 15.6 Å². The Balaban J connectivity index is 1.13. The van der Waals surface area contributed by atoms with Gasteiger partial charge in [0.25, 0.3) is 5.91 Å². The lowest BCUT2D eigenvalue weighted by atomic mass is 9.88. The Kier molecular flexibility index (Phi) is 6.29. The van der Waals surface area contributed by atoms with E-state index in [0.717, 1.165) is 18.9 Å². The molecule has 6 rings (SSSR count). The van der Waals surface area contributed by atoms with Crippen molar-refractivity contribution in [3.8, 4) is 23.3 Å². The number of likely N-dealkylation sites (tertiary alicyclic amines) is 2. The Bertz CT molecular complexity index is 1640. The van der Waals surface area contributed by atoms with Crippen molar-refractivity contribution in [2.75, 3.05) is 19.6 Å². The van der Waals surface area contributed by atoms with Crippen molar-refractivity contribution in [3.05, 3.63) is 71.8 Å². The third kappa shape index (κ3) is 4.31. The van der Waals surface area contributed by atoms with Crippen molar-refractivity contribution >= 4 is 16.9 Å². The Morgan fingerprint density at radius 2 is 1.95 bits per heavy atom. The number of aromatic amines is 1. The lowest BCUT2D eigenvalue weighted by molar-refractivity contribution is -0.0357. The first kappa shape index (κ1) is 24.7. The molecule has 2 fully saturated rings. The average molecular weight is 527 g/mol. The third-order valence-corrected chi connectivity index (χ3v) is 7.90. The number of halogens is 2. The number of amides is 1. The highest BCUT2D eigenvalue weighted by molar-refractivity contribution is 5.94. The summed E-state index contributed by atoms with van der Waals surface area (Å²) in [4.78, 5) is 24.0. The maximum atomic E-state index is 14.7. The van der Waals surface area contributed by atoms with Gasteiger partial charge in [0.1, 0.15) is 23.4 Å². The predicted octanol–water partition coefficient (Wildman–Crippen LogP) is 4.02. The second kappa shape index (κ2) is 9.93. The van der Waals surface area contributed by atoms with Gasteiger partial charge >= 0.3 is 0 Å². The Hall–Kier alpha value is -4.61. The van der Waals surface area contributed by atoms with Crippen LogP contribution < -0.4 is 0 Å². The number of pyridine rings is 1. The highest BCUT2D eigenvalue weighted by atomic mass is 19.1. The van der Waals surface area contributed by atoms with Gasteiger partial charge < -0.3 is 9.88 Å². The number of nitrogens with zero attached hydrogens (tertiary/aromatic N) is 7. The summed E-state index contributed by atoms with van der Waals surface area (Å²) in [6, 6.07) is 9.91. The largest absolute Gasteiger partial charge is 0.346 e. The Morgan fingerprint density at radius 1 is 1.13 bits per heavy atom. The van der Waals surface area contributed by atoms with Crippen LogP contribution in [0, 0.1) is 34.3 Å². The topological polar surface area (TPSA) is 118 Å². The molecule has 0 aliphatic carbocycles. The minimum atomic E-state index is -0.699. The summed E-state index contributed by atoms with van der Waals surface area (Å²) in [5.41, 5.74) is 1.84. The zero-order chi connectivity index (χ0) is 27.1. The van der Waals surface area contributed by atoms with E-state index in [1.807, 2.05) is 10.9 Å². The standard InChI is InChI=1S/C28H24F2N8O/c29-22-11-17(1-2-18(22)12-32)28(39)36-9-5-20(6-10-36)37-16-25(24(37)3-7-31)38-15-19(13-35-38)26-21-4-8-33-27(21)34-14-23(26)30/h1-2,4,8,11,13-15,20,24-25H,3,5-6,9-10,16H2,(H,33,34). The van der Waals surface area contributed by atoms with E-state index in [9.17, 15) is 18.8 Å². The number of carbonyl (C=O) groups excluding carboxylic acids is 1. The zero-order valence-electron chi connectivity index (χ0n) is 20.9. The molecule has 2 aliphatic rings. The van der Waals surface area contributed by atoms with E-state index in [-0.39, 0.29) is 35.2 Å². The molecule has 2 unspecified atom stereocenters. The van der Waals surface area contributed by atoms with E-state index < -0.39 is 11.6 Å². The van der Waals surface area contributed by atoms with Gasteiger partial charge in [-0.25, -0.2) is 13.8 Å². The lowest BCUT2D eigenvalue weighted by Crippen LogP contribution is -2.62. The van der Waals surface area contributed by atoms with Crippen LogP contribution in [0.5, 0.6) is 0 Å². The molecule has 2 atom stereocenters. The van der Waals surface area contributed by atoms with Gasteiger partial charge in [-0.1, -0.05) is 0 Å². The molecule has 0 bridgehead atoms. The second-order valence-corrected chi connectivity index (χ2v) is 9.95. The molecule has 11 heteroatoms. The van der Waals surface area contributed by atoms with Crippen molar-refractivity contribution in [2.45, 2.75) is 37.4 Å². The number of hydrogen-bond acceptors (Lipinski definition) is 6. The fraction of sp³-hybridized carbons (Fsp3) is 0.321. The number of hydrogen-bond donors (Lipinski definition) is 1. The van der Waals surface area contributed by atoms with Crippen molar-refractivity contribution in [1.29, 1.82) is 10.5 Å². The Morgan fingerprint density at radius 3 is 2.69 bits per heavy atom. The maximum absolute atomic E-state index is 14.7. The van der Waals surface area contributed by atoms with E-state index in [2.05, 4.69) is 26.0 Å². The molecule has 2 saturated heterocycles. The Labute approximate surface area is 222 Å². The molecule has 1 aromatic carbocycles. The van der Waals surface area contributed by atoms with Gasteiger partial charge in [0.15, 0.2) is 0 Å². The highest BCUT2D eigenvalue weighted by Gasteiger charge is 2.45. The normalized spacial score (nSPS) is 19.9. The molecule has 1 amide bonds. The SMILES string of the molecule is N#CCC1C(n2cc(-c3c(F)cnc4[nH]ccc34)cn2)CN1C1CCN(C(=O)c2ccc(C#N)c(F)c2)CC1. The number of nitriles is 2. The summed E-state index contributed by atoms with van der Waals surface area (Å²) < 4.78 is 30.5. The first-order valence-electron chi connectivity index (χ1n) is 12.8. The molecule has 2 aliphatic heterocycles. The smallest absolute Gasteiger partial charge is 0.253 e. The molecule has 0 radical (unpaired) electrons. The summed E-state index contributed by atoms with van der Waals surface area (Å²) in [5.74, 6) is -1.37. The minimum absolute atomic E-state index is 0.0219. The average Bonchev–Trinajstić information content (AvgIpc) is 3.61. The van der Waals surface area contributed by atoms with Crippen LogP contribution in [0.15, 0.2) is 49.1 Å². The minimum Gasteiger partial charge on any atom is -0.346 e. The number of H-pyrrole nitrogens is 1. The van der Waals surface area contributed by atoms with Gasteiger partial charge in [-0.3, -0.25) is 14.4 Å². The quantitative estimate of drug-likeness (QED) is 0.420. The molecule has 5 heterocycles. The van der Waals surface area contributed by atoms with Crippen molar-refractivity contribution < 1.29 is 13.6 Å². The van der Waals surface area contributed by atoms with E-state index >= 15 is 0 Å². The molecule has 0 saturated carbocycles. The van der Waals surface area contributed by atoms with Crippen molar-refractivity contribution in [3.63, 3.8) is 0 Å². The van der Waals surface area contributed by atoms with Crippen LogP contribution in [0.4, 0.5) is 8.78 Å². The summed E-state index contributed by atoms with van der Waals surface area (Å²) in [6.07, 6.45) is 8.19. The summed E-state index contributed by atoms with van der Waals surface area (Å²) in [5, 5.41) is 23.7. The molecule has 196 valence electrons. The van der Waals surface area contributed by atoms with Crippen molar-refractivity contribution in [1.82, 2.24) is 29.5 Å². The van der Waals surface area contributed by atoms with Gasteiger partial charge in [0.2, 0.25) is 0 Å². The molecule has 1 N–H and O–H groups in total. The first-order chi connectivity index (χ1) is 19.0. The fourth-order valence-corrected chi connectivity index (χ4v) is 5.83. The lowest BCUT2D eigenvalue weighted by Gasteiger charge is -2.52. The molecular weight excluding hydrogens is 502 g/mol. The van der Waals surface area contributed by atoms with Gasteiger partial charge in [0, 0.05) is 66.2 Å².